The summed E-state index contributed by atoms with van der Waals surface area (Å²) in [5, 5.41) is 3.16. The molecule has 0 aromatic heterocycles. The fourth-order valence-electron chi connectivity index (χ4n) is 4.12. The first-order chi connectivity index (χ1) is 8.71. The molecule has 3 aliphatic carbocycles. The van der Waals surface area contributed by atoms with Crippen molar-refractivity contribution in [2.45, 2.75) is 51.4 Å². The summed E-state index contributed by atoms with van der Waals surface area (Å²) in [5.41, 5.74) is 0.367. The van der Waals surface area contributed by atoms with Crippen LogP contribution in [0.15, 0.2) is 0 Å². The van der Waals surface area contributed by atoms with Crippen LogP contribution in [0.1, 0.15) is 51.4 Å². The van der Waals surface area contributed by atoms with Gasteiger partial charge in [-0.3, -0.25) is 4.79 Å². The van der Waals surface area contributed by atoms with E-state index in [9.17, 15) is 4.79 Å². The van der Waals surface area contributed by atoms with Crippen LogP contribution >= 0.6 is 11.6 Å². The predicted molar refractivity (Wildman–Crippen MR) is 73.6 cm³/mol. The van der Waals surface area contributed by atoms with E-state index < -0.39 is 0 Å². The van der Waals surface area contributed by atoms with Gasteiger partial charge in [-0.15, -0.1) is 11.6 Å². The van der Waals surface area contributed by atoms with Gasteiger partial charge in [0, 0.05) is 18.8 Å². The molecule has 3 atom stereocenters. The van der Waals surface area contributed by atoms with Gasteiger partial charge in [-0.25, -0.2) is 0 Å². The number of hydrogen-bond acceptors (Lipinski definition) is 1. The van der Waals surface area contributed by atoms with Crippen LogP contribution in [0.3, 0.4) is 0 Å². The molecule has 3 fully saturated rings. The van der Waals surface area contributed by atoms with E-state index in [-0.39, 0.29) is 5.91 Å². The summed E-state index contributed by atoms with van der Waals surface area (Å²) in [5.74, 6) is 3.50. The average Bonchev–Trinajstić information content (AvgIpc) is 2.82. The molecule has 0 spiro atoms. The second-order valence-electron chi connectivity index (χ2n) is 6.85. The van der Waals surface area contributed by atoms with Crippen molar-refractivity contribution in [3.63, 3.8) is 0 Å². The van der Waals surface area contributed by atoms with Crippen LogP contribution in [0, 0.1) is 23.2 Å². The number of carbonyl (C=O) groups excluding carboxylic acids is 1. The van der Waals surface area contributed by atoms with Crippen molar-refractivity contribution < 1.29 is 4.79 Å². The highest BCUT2D eigenvalue weighted by atomic mass is 35.5. The van der Waals surface area contributed by atoms with Gasteiger partial charge in [0.05, 0.1) is 0 Å². The van der Waals surface area contributed by atoms with Crippen LogP contribution in [-0.2, 0) is 4.79 Å². The van der Waals surface area contributed by atoms with E-state index in [1.807, 2.05) is 0 Å². The fraction of sp³-hybridized carbons (Fsp3) is 0.933. The quantitative estimate of drug-likeness (QED) is 0.737. The number of hydrogen-bond donors (Lipinski definition) is 1. The molecule has 1 amide bonds. The lowest BCUT2D eigenvalue weighted by atomic mass is 9.86. The van der Waals surface area contributed by atoms with E-state index in [2.05, 4.69) is 5.32 Å². The number of nitrogens with one attached hydrogen (secondary N) is 1. The number of fused-ring (bicyclic) bond motifs is 2. The molecule has 2 nitrogen and oxygen atoms in total. The first-order valence-electron chi connectivity index (χ1n) is 7.53. The highest BCUT2D eigenvalue weighted by molar-refractivity contribution is 6.17. The molecule has 0 saturated heterocycles. The van der Waals surface area contributed by atoms with Crippen LogP contribution in [0.5, 0.6) is 0 Å². The molecule has 0 radical (unpaired) electrons. The molecule has 102 valence electrons. The number of rotatable bonds is 6. The summed E-state index contributed by atoms with van der Waals surface area (Å²) in [7, 11) is 0. The summed E-state index contributed by atoms with van der Waals surface area (Å²) in [6.07, 6.45) is 9.82. The van der Waals surface area contributed by atoms with E-state index in [0.29, 0.717) is 11.3 Å². The van der Waals surface area contributed by atoms with Gasteiger partial charge in [0.1, 0.15) is 0 Å². The van der Waals surface area contributed by atoms with Gasteiger partial charge in [-0.2, -0.15) is 0 Å². The molecular formula is C15H24ClNO. The van der Waals surface area contributed by atoms with Crippen molar-refractivity contribution in [2.24, 2.45) is 23.2 Å². The molecule has 2 bridgehead atoms. The zero-order valence-electron chi connectivity index (χ0n) is 11.1. The van der Waals surface area contributed by atoms with Gasteiger partial charge in [-0.1, -0.05) is 6.42 Å². The van der Waals surface area contributed by atoms with Gasteiger partial charge in [0.25, 0.3) is 0 Å². The Morgan fingerprint density at radius 1 is 1.28 bits per heavy atom. The predicted octanol–water partition coefficient (Wildman–Crippen LogP) is 3.34. The third-order valence-corrected chi connectivity index (χ3v) is 5.76. The Bertz CT molecular complexity index is 326. The van der Waals surface area contributed by atoms with Crippen LogP contribution < -0.4 is 5.32 Å². The van der Waals surface area contributed by atoms with Crippen molar-refractivity contribution in [2.75, 3.05) is 12.4 Å². The topological polar surface area (TPSA) is 29.1 Å². The molecule has 1 N–H and O–H groups in total. The molecule has 0 aliphatic heterocycles. The third-order valence-electron chi connectivity index (χ3n) is 5.57. The molecular weight excluding hydrogens is 246 g/mol. The van der Waals surface area contributed by atoms with Crippen LogP contribution in [0.4, 0.5) is 0 Å². The van der Waals surface area contributed by atoms with Crippen LogP contribution in [-0.4, -0.2) is 18.3 Å². The minimum atomic E-state index is 0.286. The minimum Gasteiger partial charge on any atom is -0.356 e. The number of carbonyl (C=O) groups is 1. The normalized spacial score (nSPS) is 35.7. The van der Waals surface area contributed by atoms with Gasteiger partial charge in [0.2, 0.25) is 5.91 Å². The molecule has 0 aromatic carbocycles. The minimum absolute atomic E-state index is 0.286. The molecule has 3 rings (SSSR count). The maximum absolute atomic E-state index is 12.0. The first kappa shape index (κ1) is 12.8. The Kier molecular flexibility index (Phi) is 3.57. The van der Waals surface area contributed by atoms with E-state index >= 15 is 0 Å². The first-order valence-corrected chi connectivity index (χ1v) is 8.07. The monoisotopic (exact) mass is 269 g/mol. The SMILES string of the molecule is O=C(CC1CC2CCC1C2)NCC1(CCCl)CC1. The average molecular weight is 270 g/mol. The molecule has 3 aliphatic rings. The molecule has 0 aromatic rings. The van der Waals surface area contributed by atoms with E-state index in [1.165, 1.54) is 38.5 Å². The Morgan fingerprint density at radius 3 is 2.67 bits per heavy atom. The maximum Gasteiger partial charge on any atom is 0.220 e. The Morgan fingerprint density at radius 2 is 2.11 bits per heavy atom. The van der Waals surface area contributed by atoms with Gasteiger partial charge < -0.3 is 5.32 Å². The zero-order valence-corrected chi connectivity index (χ0v) is 11.8. The summed E-state index contributed by atoms with van der Waals surface area (Å²) in [6.45, 7) is 0.860. The third kappa shape index (κ3) is 2.68. The number of halogens is 1. The summed E-state index contributed by atoms with van der Waals surface area (Å²) in [4.78, 5) is 12.0. The highest BCUT2D eigenvalue weighted by Gasteiger charge is 2.43. The Hall–Kier alpha value is -0.240. The summed E-state index contributed by atoms with van der Waals surface area (Å²) in [6, 6.07) is 0. The Balaban J connectivity index is 1.40. The lowest BCUT2D eigenvalue weighted by molar-refractivity contribution is -0.122. The smallest absolute Gasteiger partial charge is 0.220 e. The Labute approximate surface area is 115 Å². The summed E-state index contributed by atoms with van der Waals surface area (Å²) >= 11 is 5.81. The molecule has 18 heavy (non-hydrogen) atoms. The van der Waals surface area contributed by atoms with Crippen molar-refractivity contribution in [1.29, 1.82) is 0 Å². The maximum atomic E-state index is 12.0. The van der Waals surface area contributed by atoms with Crippen molar-refractivity contribution in [3.05, 3.63) is 0 Å². The van der Waals surface area contributed by atoms with E-state index in [0.717, 1.165) is 37.1 Å². The molecule has 3 unspecified atom stereocenters. The van der Waals surface area contributed by atoms with Crippen LogP contribution in [0.25, 0.3) is 0 Å². The second kappa shape index (κ2) is 5.03. The zero-order chi connectivity index (χ0) is 12.6. The molecule has 3 heteroatoms. The number of amides is 1. The van der Waals surface area contributed by atoms with Gasteiger partial charge in [0.15, 0.2) is 0 Å². The van der Waals surface area contributed by atoms with Crippen molar-refractivity contribution in [3.8, 4) is 0 Å². The van der Waals surface area contributed by atoms with Gasteiger partial charge >= 0.3 is 0 Å². The lowest BCUT2D eigenvalue weighted by Gasteiger charge is -2.22. The molecule has 3 saturated carbocycles. The van der Waals surface area contributed by atoms with Crippen molar-refractivity contribution >= 4 is 17.5 Å². The summed E-state index contributed by atoms with van der Waals surface area (Å²) < 4.78 is 0. The van der Waals surface area contributed by atoms with E-state index in [4.69, 9.17) is 11.6 Å². The largest absolute Gasteiger partial charge is 0.356 e. The molecule has 0 heterocycles. The lowest BCUT2D eigenvalue weighted by Crippen LogP contribution is -2.32. The fourth-order valence-corrected chi connectivity index (χ4v) is 4.52. The standard InChI is InChI=1S/C15H24ClNO/c16-6-5-15(3-4-15)10-17-14(18)9-13-8-11-1-2-12(13)7-11/h11-13H,1-10H2,(H,17,18). The highest BCUT2D eigenvalue weighted by Crippen LogP contribution is 2.50. The van der Waals surface area contributed by atoms with Crippen LogP contribution in [0.2, 0.25) is 0 Å². The van der Waals surface area contributed by atoms with Crippen molar-refractivity contribution in [1.82, 2.24) is 5.32 Å². The second-order valence-corrected chi connectivity index (χ2v) is 7.23. The van der Waals surface area contributed by atoms with Gasteiger partial charge in [-0.05, 0) is 61.7 Å². The number of alkyl halides is 1. The van der Waals surface area contributed by atoms with E-state index in [1.54, 1.807) is 0 Å².